The van der Waals surface area contributed by atoms with Gasteiger partial charge in [0.2, 0.25) is 0 Å². The minimum Gasteiger partial charge on any atom is -0.491 e. The van der Waals surface area contributed by atoms with Gasteiger partial charge in [-0.1, -0.05) is 93.4 Å². The van der Waals surface area contributed by atoms with Crippen LogP contribution in [0.2, 0.25) is 0 Å². The van der Waals surface area contributed by atoms with Crippen LogP contribution in [0.3, 0.4) is 0 Å². The highest BCUT2D eigenvalue weighted by molar-refractivity contribution is 5.25. The van der Waals surface area contributed by atoms with E-state index >= 15 is 0 Å². The third kappa shape index (κ3) is 5.54. The number of rotatable bonds is 11. The Bertz CT molecular complexity index is 565. The molecule has 0 heterocycles. The lowest BCUT2D eigenvalue weighted by molar-refractivity contribution is -0.0481. The van der Waals surface area contributed by atoms with E-state index in [1.807, 2.05) is 36.4 Å². The Morgan fingerprint density at radius 3 is 1.96 bits per heavy atom. The van der Waals surface area contributed by atoms with Gasteiger partial charge < -0.3 is 9.47 Å². The minimum absolute atomic E-state index is 0.145. The molecular formula is C22H28O2. The lowest BCUT2D eigenvalue weighted by Gasteiger charge is -2.27. The highest BCUT2D eigenvalue weighted by Gasteiger charge is 2.26. The fourth-order valence-electron chi connectivity index (χ4n) is 2.81. The van der Waals surface area contributed by atoms with Crippen molar-refractivity contribution in [1.29, 1.82) is 0 Å². The summed E-state index contributed by atoms with van der Waals surface area (Å²) in [4.78, 5) is 0. The Hall–Kier alpha value is -2.06. The predicted octanol–water partition coefficient (Wildman–Crippen LogP) is 6.23. The van der Waals surface area contributed by atoms with Gasteiger partial charge in [0, 0.05) is 6.61 Å². The van der Waals surface area contributed by atoms with E-state index < -0.39 is 0 Å². The average molecular weight is 324 g/mol. The van der Waals surface area contributed by atoms with Crippen molar-refractivity contribution in [1.82, 2.24) is 0 Å². The van der Waals surface area contributed by atoms with Gasteiger partial charge in [-0.15, -0.1) is 0 Å². The molecule has 0 aliphatic heterocycles. The van der Waals surface area contributed by atoms with Crippen molar-refractivity contribution in [3.05, 3.63) is 84.6 Å². The zero-order valence-corrected chi connectivity index (χ0v) is 14.6. The van der Waals surface area contributed by atoms with E-state index in [9.17, 15) is 0 Å². The van der Waals surface area contributed by atoms with E-state index in [4.69, 9.17) is 9.47 Å². The van der Waals surface area contributed by atoms with E-state index in [0.29, 0.717) is 0 Å². The molecule has 2 rings (SSSR count). The molecule has 0 aliphatic carbocycles. The van der Waals surface area contributed by atoms with Crippen molar-refractivity contribution in [3.63, 3.8) is 0 Å². The van der Waals surface area contributed by atoms with Crippen molar-refractivity contribution in [2.75, 3.05) is 6.61 Å². The lowest BCUT2D eigenvalue weighted by atomic mass is 9.98. The minimum atomic E-state index is -0.197. The summed E-state index contributed by atoms with van der Waals surface area (Å²) in [5.41, 5.74) is 2.23. The fourth-order valence-corrected chi connectivity index (χ4v) is 2.81. The van der Waals surface area contributed by atoms with Crippen molar-refractivity contribution < 1.29 is 9.47 Å². The molecule has 2 aromatic carbocycles. The molecule has 2 nitrogen and oxygen atoms in total. The number of benzene rings is 2. The molecule has 0 saturated heterocycles. The number of unbranched alkanes of at least 4 members (excludes halogenated alkanes) is 3. The molecule has 0 fully saturated rings. The third-order valence-corrected chi connectivity index (χ3v) is 4.07. The van der Waals surface area contributed by atoms with Gasteiger partial charge in [0.1, 0.15) is 6.10 Å². The van der Waals surface area contributed by atoms with Crippen molar-refractivity contribution in [3.8, 4) is 0 Å². The SMILES string of the molecule is C=CO[C@H](c1ccccc1)[C@@H](OCCCCCC)c1ccccc1. The maximum absolute atomic E-state index is 6.27. The Balaban J connectivity index is 2.17. The van der Waals surface area contributed by atoms with Crippen LogP contribution in [0, 0.1) is 0 Å². The lowest BCUT2D eigenvalue weighted by Crippen LogP contribution is -2.17. The second-order valence-electron chi connectivity index (χ2n) is 5.90. The Morgan fingerprint density at radius 2 is 1.42 bits per heavy atom. The molecule has 2 aromatic rings. The summed E-state index contributed by atoms with van der Waals surface area (Å²) in [6.07, 6.45) is 5.93. The van der Waals surface area contributed by atoms with E-state index in [0.717, 1.165) is 24.2 Å². The van der Waals surface area contributed by atoms with Crippen molar-refractivity contribution in [2.24, 2.45) is 0 Å². The summed E-state index contributed by atoms with van der Waals surface area (Å²) >= 11 is 0. The van der Waals surface area contributed by atoms with Crippen LogP contribution in [0.4, 0.5) is 0 Å². The molecule has 0 radical (unpaired) electrons. The highest BCUT2D eigenvalue weighted by atomic mass is 16.5. The molecule has 0 unspecified atom stereocenters. The largest absolute Gasteiger partial charge is 0.491 e. The van der Waals surface area contributed by atoms with Gasteiger partial charge in [-0.05, 0) is 17.5 Å². The van der Waals surface area contributed by atoms with Crippen LogP contribution in [0.15, 0.2) is 73.5 Å². The Kier molecular flexibility index (Phi) is 8.12. The first-order chi connectivity index (χ1) is 11.9. The number of hydrogen-bond donors (Lipinski definition) is 0. The van der Waals surface area contributed by atoms with Gasteiger partial charge in [0.05, 0.1) is 6.26 Å². The van der Waals surface area contributed by atoms with Gasteiger partial charge >= 0.3 is 0 Å². The molecule has 0 aliphatic rings. The zero-order chi connectivity index (χ0) is 17.0. The molecule has 0 spiro atoms. The van der Waals surface area contributed by atoms with Crippen molar-refractivity contribution in [2.45, 2.75) is 44.8 Å². The molecule has 0 bridgehead atoms. The molecule has 2 atom stereocenters. The van der Waals surface area contributed by atoms with Crippen LogP contribution in [0.25, 0.3) is 0 Å². The molecule has 2 heteroatoms. The van der Waals surface area contributed by atoms with Crippen molar-refractivity contribution >= 4 is 0 Å². The standard InChI is InChI=1S/C22H28O2/c1-3-5-6-13-18-24-22(20-16-11-8-12-17-20)21(23-4-2)19-14-9-7-10-15-19/h4,7-12,14-17,21-22H,2-3,5-6,13,18H2,1H3/t21-,22+/m1/s1. The van der Waals surface area contributed by atoms with Crippen LogP contribution < -0.4 is 0 Å². The number of ether oxygens (including phenoxy) is 2. The molecule has 0 amide bonds. The smallest absolute Gasteiger partial charge is 0.153 e. The topological polar surface area (TPSA) is 18.5 Å². The predicted molar refractivity (Wildman–Crippen MR) is 99.7 cm³/mol. The quantitative estimate of drug-likeness (QED) is 0.360. The van der Waals surface area contributed by atoms with Gasteiger partial charge in [-0.3, -0.25) is 0 Å². The van der Waals surface area contributed by atoms with E-state index in [1.165, 1.54) is 25.5 Å². The molecular weight excluding hydrogens is 296 g/mol. The van der Waals surface area contributed by atoms with E-state index in [-0.39, 0.29) is 12.2 Å². The third-order valence-electron chi connectivity index (χ3n) is 4.07. The summed E-state index contributed by atoms with van der Waals surface area (Å²) in [5, 5.41) is 0. The van der Waals surface area contributed by atoms with Gasteiger partial charge in [-0.25, -0.2) is 0 Å². The molecule has 0 N–H and O–H groups in total. The van der Waals surface area contributed by atoms with Gasteiger partial charge in [0.25, 0.3) is 0 Å². The van der Waals surface area contributed by atoms with Gasteiger partial charge in [0.15, 0.2) is 6.10 Å². The van der Waals surface area contributed by atoms with Crippen LogP contribution in [0.5, 0.6) is 0 Å². The monoisotopic (exact) mass is 324 g/mol. The van der Waals surface area contributed by atoms with Gasteiger partial charge in [-0.2, -0.15) is 0 Å². The summed E-state index contributed by atoms with van der Waals surface area (Å²) in [5.74, 6) is 0. The average Bonchev–Trinajstić information content (AvgIpc) is 2.65. The zero-order valence-electron chi connectivity index (χ0n) is 14.6. The molecule has 0 saturated carbocycles. The Morgan fingerprint density at radius 1 is 0.833 bits per heavy atom. The van der Waals surface area contributed by atoms with Crippen LogP contribution in [0.1, 0.15) is 55.9 Å². The maximum Gasteiger partial charge on any atom is 0.153 e. The summed E-state index contributed by atoms with van der Waals surface area (Å²) in [6.45, 7) is 6.70. The first-order valence-electron chi connectivity index (χ1n) is 8.84. The highest BCUT2D eigenvalue weighted by Crippen LogP contribution is 2.35. The molecule has 24 heavy (non-hydrogen) atoms. The van der Waals surface area contributed by atoms with Crippen LogP contribution >= 0.6 is 0 Å². The van der Waals surface area contributed by atoms with Crippen LogP contribution in [-0.2, 0) is 9.47 Å². The summed E-state index contributed by atoms with van der Waals surface area (Å²) < 4.78 is 12.1. The Labute approximate surface area is 146 Å². The second-order valence-corrected chi connectivity index (χ2v) is 5.90. The first kappa shape index (κ1) is 18.3. The normalized spacial score (nSPS) is 13.2. The fraction of sp³-hybridized carbons (Fsp3) is 0.364. The first-order valence-corrected chi connectivity index (χ1v) is 8.84. The van der Waals surface area contributed by atoms with E-state index in [1.54, 1.807) is 0 Å². The molecule has 128 valence electrons. The maximum atomic E-state index is 6.27. The molecule has 0 aromatic heterocycles. The summed E-state index contributed by atoms with van der Waals surface area (Å²) in [6, 6.07) is 20.5. The summed E-state index contributed by atoms with van der Waals surface area (Å²) in [7, 11) is 0. The van der Waals surface area contributed by atoms with Crippen LogP contribution in [-0.4, -0.2) is 6.61 Å². The number of hydrogen-bond acceptors (Lipinski definition) is 2. The second kappa shape index (κ2) is 10.7. The van der Waals surface area contributed by atoms with E-state index in [2.05, 4.69) is 37.8 Å².